The molecule has 1 aromatic carbocycles. The number of urea groups is 1. The van der Waals surface area contributed by atoms with Crippen molar-refractivity contribution >= 4 is 40.0 Å². The number of nitrogens with one attached hydrogen (secondary N) is 2. The number of carbonyl (C=O) groups excluding carboxylic acids is 3. The lowest BCUT2D eigenvalue weighted by atomic mass is 10.2. The number of nitrogens with zero attached hydrogens (tertiary/aromatic N) is 3. The largest absolute Gasteiger partial charge is 0.454 e. The molecule has 0 bridgehead atoms. The summed E-state index contributed by atoms with van der Waals surface area (Å²) in [5, 5.41) is 7.72. The van der Waals surface area contributed by atoms with Gasteiger partial charge in [-0.3, -0.25) is 14.9 Å². The molecule has 30 heavy (non-hydrogen) atoms. The van der Waals surface area contributed by atoms with Gasteiger partial charge in [-0.1, -0.05) is 0 Å². The van der Waals surface area contributed by atoms with Gasteiger partial charge in [0.25, 0.3) is 0 Å². The van der Waals surface area contributed by atoms with E-state index in [-0.39, 0.29) is 31.1 Å². The highest BCUT2D eigenvalue weighted by molar-refractivity contribution is 7.13. The Labute approximate surface area is 176 Å². The van der Waals surface area contributed by atoms with Crippen molar-refractivity contribution in [3.8, 4) is 11.5 Å². The molecule has 1 aromatic heterocycles. The van der Waals surface area contributed by atoms with E-state index in [2.05, 4.69) is 15.6 Å². The third kappa shape index (κ3) is 4.62. The first-order valence-corrected chi connectivity index (χ1v) is 10.3. The monoisotopic (exact) mass is 431 g/mol. The summed E-state index contributed by atoms with van der Waals surface area (Å²) < 4.78 is 10.5. The normalized spacial score (nSPS) is 15.1. The van der Waals surface area contributed by atoms with Gasteiger partial charge in [-0.15, -0.1) is 11.3 Å². The van der Waals surface area contributed by atoms with Crippen LogP contribution in [0.2, 0.25) is 0 Å². The summed E-state index contributed by atoms with van der Waals surface area (Å²) in [6, 6.07) is 4.93. The molecule has 4 rings (SSSR count). The predicted octanol–water partition coefficient (Wildman–Crippen LogP) is 1.75. The molecule has 11 heteroatoms. The Morgan fingerprint density at radius 1 is 1.07 bits per heavy atom. The van der Waals surface area contributed by atoms with E-state index in [1.165, 1.54) is 18.3 Å². The van der Waals surface area contributed by atoms with Crippen LogP contribution in [0.3, 0.4) is 0 Å². The second kappa shape index (κ2) is 8.57. The second-order valence-corrected chi connectivity index (χ2v) is 7.72. The first-order valence-electron chi connectivity index (χ1n) is 9.43. The molecule has 4 amide bonds. The van der Waals surface area contributed by atoms with Gasteiger partial charge in [0.1, 0.15) is 0 Å². The standard InChI is InChI=1S/C19H21N5O5S/c1-12(25)23-4-6-24(7-5-23)19(27)22-18-21-14(10-30-18)9-17(26)20-13-2-3-15-16(8-13)29-11-28-15/h2-3,8,10H,4-7,9,11H2,1H3,(H,20,26)(H,21,22,27). The van der Waals surface area contributed by atoms with Crippen LogP contribution in [0.5, 0.6) is 11.5 Å². The lowest BCUT2D eigenvalue weighted by Gasteiger charge is -2.33. The molecule has 2 N–H and O–H groups in total. The van der Waals surface area contributed by atoms with E-state index in [0.717, 1.165) is 0 Å². The first-order chi connectivity index (χ1) is 14.5. The van der Waals surface area contributed by atoms with Crippen molar-refractivity contribution in [3.63, 3.8) is 0 Å². The number of anilines is 2. The minimum atomic E-state index is -0.260. The average Bonchev–Trinajstić information content (AvgIpc) is 3.36. The minimum Gasteiger partial charge on any atom is -0.454 e. The number of amides is 4. The Hall–Kier alpha value is -3.34. The molecule has 0 unspecified atom stereocenters. The van der Waals surface area contributed by atoms with Crippen LogP contribution in [0.1, 0.15) is 12.6 Å². The van der Waals surface area contributed by atoms with Crippen molar-refractivity contribution in [1.29, 1.82) is 0 Å². The van der Waals surface area contributed by atoms with Gasteiger partial charge in [-0.05, 0) is 12.1 Å². The molecular formula is C19H21N5O5S. The third-order valence-electron chi connectivity index (χ3n) is 4.78. The summed E-state index contributed by atoms with van der Waals surface area (Å²) in [4.78, 5) is 43.7. The third-order valence-corrected chi connectivity index (χ3v) is 5.58. The fraction of sp³-hybridized carbons (Fsp3) is 0.368. The van der Waals surface area contributed by atoms with Crippen molar-refractivity contribution < 1.29 is 23.9 Å². The number of hydrogen-bond donors (Lipinski definition) is 2. The molecule has 0 atom stereocenters. The number of benzene rings is 1. The average molecular weight is 431 g/mol. The van der Waals surface area contributed by atoms with Gasteiger partial charge in [0, 0.05) is 50.2 Å². The molecule has 1 saturated heterocycles. The van der Waals surface area contributed by atoms with E-state index in [1.54, 1.807) is 33.4 Å². The summed E-state index contributed by atoms with van der Waals surface area (Å²) in [5.74, 6) is 1.03. The van der Waals surface area contributed by atoms with Gasteiger partial charge < -0.3 is 24.6 Å². The molecule has 3 heterocycles. The SMILES string of the molecule is CC(=O)N1CCN(C(=O)Nc2nc(CC(=O)Nc3ccc4c(c3)OCO4)cs2)CC1. The molecule has 0 aliphatic carbocycles. The van der Waals surface area contributed by atoms with Gasteiger partial charge in [0.15, 0.2) is 16.6 Å². The Morgan fingerprint density at radius 3 is 2.57 bits per heavy atom. The smallest absolute Gasteiger partial charge is 0.323 e. The van der Waals surface area contributed by atoms with Crippen molar-refractivity contribution in [2.45, 2.75) is 13.3 Å². The lowest BCUT2D eigenvalue weighted by Crippen LogP contribution is -2.51. The molecule has 0 spiro atoms. The maximum atomic E-state index is 12.4. The van der Waals surface area contributed by atoms with Gasteiger partial charge in [-0.25, -0.2) is 9.78 Å². The van der Waals surface area contributed by atoms with Crippen molar-refractivity contribution in [2.75, 3.05) is 43.6 Å². The highest BCUT2D eigenvalue weighted by atomic mass is 32.1. The number of aromatic nitrogens is 1. The van der Waals surface area contributed by atoms with Crippen LogP contribution < -0.4 is 20.1 Å². The molecule has 1 fully saturated rings. The highest BCUT2D eigenvalue weighted by Gasteiger charge is 2.23. The Balaban J connectivity index is 1.27. The summed E-state index contributed by atoms with van der Waals surface area (Å²) in [7, 11) is 0. The van der Waals surface area contributed by atoms with Gasteiger partial charge in [0.2, 0.25) is 18.6 Å². The van der Waals surface area contributed by atoms with E-state index in [1.807, 2.05) is 0 Å². The summed E-state index contributed by atoms with van der Waals surface area (Å²) >= 11 is 1.26. The van der Waals surface area contributed by atoms with Crippen LogP contribution in [0.25, 0.3) is 0 Å². The van der Waals surface area contributed by atoms with Crippen LogP contribution in [0, 0.1) is 0 Å². The Morgan fingerprint density at radius 2 is 1.80 bits per heavy atom. The maximum Gasteiger partial charge on any atom is 0.323 e. The zero-order chi connectivity index (χ0) is 21.1. The van der Waals surface area contributed by atoms with Gasteiger partial charge in [-0.2, -0.15) is 0 Å². The van der Waals surface area contributed by atoms with Gasteiger partial charge in [0.05, 0.1) is 12.1 Å². The number of fused-ring (bicyclic) bond motifs is 1. The number of ether oxygens (including phenoxy) is 2. The fourth-order valence-electron chi connectivity index (χ4n) is 3.18. The lowest BCUT2D eigenvalue weighted by molar-refractivity contribution is -0.130. The number of rotatable bonds is 4. The molecule has 0 saturated carbocycles. The zero-order valence-electron chi connectivity index (χ0n) is 16.3. The molecule has 2 aliphatic heterocycles. The number of thiazole rings is 1. The summed E-state index contributed by atoms with van der Waals surface area (Å²) in [6.45, 7) is 3.68. The van der Waals surface area contributed by atoms with E-state index in [4.69, 9.17) is 9.47 Å². The maximum absolute atomic E-state index is 12.4. The van der Waals surface area contributed by atoms with E-state index in [0.29, 0.717) is 54.2 Å². The predicted molar refractivity (Wildman–Crippen MR) is 110 cm³/mol. The van der Waals surface area contributed by atoms with Crippen molar-refractivity contribution in [2.24, 2.45) is 0 Å². The molecule has 158 valence electrons. The fourth-order valence-corrected chi connectivity index (χ4v) is 3.88. The quantitative estimate of drug-likeness (QED) is 0.763. The zero-order valence-corrected chi connectivity index (χ0v) is 17.2. The second-order valence-electron chi connectivity index (χ2n) is 6.86. The van der Waals surface area contributed by atoms with Crippen molar-refractivity contribution in [3.05, 3.63) is 29.3 Å². The summed E-state index contributed by atoms with van der Waals surface area (Å²) in [6.07, 6.45) is 0.0814. The number of hydrogen-bond acceptors (Lipinski definition) is 7. The number of piperazine rings is 1. The van der Waals surface area contributed by atoms with Crippen molar-refractivity contribution in [1.82, 2.24) is 14.8 Å². The topological polar surface area (TPSA) is 113 Å². The Bertz CT molecular complexity index is 970. The first kappa shape index (κ1) is 20.0. The van der Waals surface area contributed by atoms with Crippen LogP contribution in [0.4, 0.5) is 15.6 Å². The van der Waals surface area contributed by atoms with Crippen LogP contribution in [0.15, 0.2) is 23.6 Å². The molecule has 0 radical (unpaired) electrons. The van der Waals surface area contributed by atoms with Crippen LogP contribution in [-0.4, -0.2) is 65.6 Å². The highest BCUT2D eigenvalue weighted by Crippen LogP contribution is 2.34. The van der Waals surface area contributed by atoms with Crippen LogP contribution in [-0.2, 0) is 16.0 Å². The molecule has 2 aliphatic rings. The van der Waals surface area contributed by atoms with E-state index < -0.39 is 0 Å². The van der Waals surface area contributed by atoms with Gasteiger partial charge >= 0.3 is 6.03 Å². The Kier molecular flexibility index (Phi) is 5.70. The molecular weight excluding hydrogens is 410 g/mol. The van der Waals surface area contributed by atoms with E-state index >= 15 is 0 Å². The van der Waals surface area contributed by atoms with E-state index in [9.17, 15) is 14.4 Å². The molecule has 10 nitrogen and oxygen atoms in total. The van der Waals surface area contributed by atoms with Crippen LogP contribution >= 0.6 is 11.3 Å². The molecule has 2 aromatic rings. The summed E-state index contributed by atoms with van der Waals surface area (Å²) in [5.41, 5.74) is 1.17. The minimum absolute atomic E-state index is 0.0126. The number of carbonyl (C=O) groups is 3.